The van der Waals surface area contributed by atoms with E-state index in [1.807, 2.05) is 31.9 Å². The first-order chi connectivity index (χ1) is 11.2. The van der Waals surface area contributed by atoms with Gasteiger partial charge in [-0.15, -0.1) is 0 Å². The van der Waals surface area contributed by atoms with E-state index in [0.29, 0.717) is 0 Å². The highest BCUT2D eigenvalue weighted by Gasteiger charge is 2.37. The van der Waals surface area contributed by atoms with E-state index in [4.69, 9.17) is 0 Å². The molecule has 0 aromatic carbocycles. The number of allylic oxidation sites excluding steroid dienone is 2. The molecule has 2 saturated heterocycles. The van der Waals surface area contributed by atoms with E-state index in [1.165, 1.54) is 5.70 Å². The van der Waals surface area contributed by atoms with Crippen molar-refractivity contribution in [1.29, 1.82) is 0 Å². The van der Waals surface area contributed by atoms with Crippen LogP contribution in [0.25, 0.3) is 5.57 Å². The summed E-state index contributed by atoms with van der Waals surface area (Å²) >= 11 is 0. The summed E-state index contributed by atoms with van der Waals surface area (Å²) in [6.45, 7) is 8.80. The molecule has 2 unspecified atom stereocenters. The molecule has 120 valence electrons. The Morgan fingerprint density at radius 3 is 2.74 bits per heavy atom. The van der Waals surface area contributed by atoms with Crippen molar-refractivity contribution in [2.24, 2.45) is 24.0 Å². The summed E-state index contributed by atoms with van der Waals surface area (Å²) in [6.07, 6.45) is 9.65. The van der Waals surface area contributed by atoms with Crippen LogP contribution in [0.1, 0.15) is 5.56 Å². The van der Waals surface area contributed by atoms with Crippen molar-refractivity contribution in [1.82, 2.24) is 25.4 Å². The molecule has 3 aliphatic rings. The molecule has 0 bridgehead atoms. The van der Waals surface area contributed by atoms with Crippen molar-refractivity contribution in [2.75, 3.05) is 26.2 Å². The first-order valence-corrected chi connectivity index (χ1v) is 8.06. The Balaban J connectivity index is 1.63. The van der Waals surface area contributed by atoms with Crippen molar-refractivity contribution in [3.05, 3.63) is 48.1 Å². The van der Waals surface area contributed by atoms with Crippen LogP contribution in [0.5, 0.6) is 0 Å². The van der Waals surface area contributed by atoms with E-state index in [-0.39, 0.29) is 0 Å². The highest BCUT2D eigenvalue weighted by atomic mass is 15.3. The lowest BCUT2D eigenvalue weighted by molar-refractivity contribution is 0.399. The van der Waals surface area contributed by atoms with Gasteiger partial charge in [-0.25, -0.2) is 0 Å². The molecule has 4 heterocycles. The number of hydrazone groups is 1. The fourth-order valence-corrected chi connectivity index (χ4v) is 3.74. The molecule has 0 radical (unpaired) electrons. The zero-order valence-electron chi connectivity index (χ0n) is 13.4. The normalized spacial score (nSPS) is 30.8. The van der Waals surface area contributed by atoms with Gasteiger partial charge in [-0.05, 0) is 17.9 Å². The Kier molecular flexibility index (Phi) is 3.53. The molecule has 4 rings (SSSR count). The smallest absolute Gasteiger partial charge is 0.0568 e. The topological polar surface area (TPSA) is 57.5 Å². The summed E-state index contributed by atoms with van der Waals surface area (Å²) in [5.41, 5.74) is 7.24. The zero-order valence-corrected chi connectivity index (χ0v) is 13.4. The number of hydrogen-bond acceptors (Lipinski definition) is 5. The van der Waals surface area contributed by atoms with Gasteiger partial charge in [-0.2, -0.15) is 10.2 Å². The molecule has 0 amide bonds. The van der Waals surface area contributed by atoms with Crippen molar-refractivity contribution < 1.29 is 0 Å². The van der Waals surface area contributed by atoms with Gasteiger partial charge in [0.1, 0.15) is 0 Å². The number of likely N-dealkylation sites (tertiary alicyclic amines) is 1. The van der Waals surface area contributed by atoms with Gasteiger partial charge in [0.2, 0.25) is 0 Å². The first kappa shape index (κ1) is 14.3. The fraction of sp³-hybridized carbons (Fsp3) is 0.412. The van der Waals surface area contributed by atoms with Crippen LogP contribution in [-0.2, 0) is 7.05 Å². The van der Waals surface area contributed by atoms with Crippen LogP contribution in [0.4, 0.5) is 0 Å². The molecular weight excluding hydrogens is 288 g/mol. The molecule has 3 aliphatic heterocycles. The molecule has 0 aliphatic carbocycles. The van der Waals surface area contributed by atoms with Crippen molar-refractivity contribution in [3.8, 4) is 0 Å². The van der Waals surface area contributed by atoms with Gasteiger partial charge in [-0.3, -0.25) is 10.1 Å². The number of aromatic nitrogens is 2. The van der Waals surface area contributed by atoms with E-state index in [0.717, 1.165) is 54.7 Å². The van der Waals surface area contributed by atoms with Crippen LogP contribution >= 0.6 is 0 Å². The van der Waals surface area contributed by atoms with E-state index in [9.17, 15) is 0 Å². The van der Waals surface area contributed by atoms with Crippen LogP contribution in [0.3, 0.4) is 0 Å². The number of aryl methyl sites for hydroxylation is 1. The molecule has 6 nitrogen and oxygen atoms in total. The number of rotatable bonds is 2. The molecule has 1 aromatic rings. The molecule has 1 aromatic heterocycles. The third-order valence-electron chi connectivity index (χ3n) is 4.97. The van der Waals surface area contributed by atoms with Gasteiger partial charge in [0.05, 0.1) is 6.20 Å². The van der Waals surface area contributed by atoms with Crippen LogP contribution < -0.4 is 10.7 Å². The number of nitrogens with zero attached hydrogens (tertiary/aromatic N) is 4. The average molecular weight is 310 g/mol. The molecule has 23 heavy (non-hydrogen) atoms. The standard InChI is InChI=1S/C17H22N6/c1-12-16(15-7-21-22(2)9-15)8-20-19-4-3-17(12)23-10-13-5-18-6-14(13)11-23/h3-4,7-9,13-14,18,20H,1,5-6,10-11H2,2H3/b16-8+,17-3?,19-4-. The summed E-state index contributed by atoms with van der Waals surface area (Å²) in [5.74, 6) is 1.49. The quantitative estimate of drug-likeness (QED) is 0.854. The predicted molar refractivity (Wildman–Crippen MR) is 91.5 cm³/mol. The van der Waals surface area contributed by atoms with E-state index < -0.39 is 0 Å². The maximum Gasteiger partial charge on any atom is 0.0568 e. The summed E-state index contributed by atoms with van der Waals surface area (Å²) in [5, 5.41) is 12.0. The van der Waals surface area contributed by atoms with Crippen LogP contribution in [0, 0.1) is 11.8 Å². The Morgan fingerprint density at radius 1 is 1.26 bits per heavy atom. The summed E-state index contributed by atoms with van der Waals surface area (Å²) in [4.78, 5) is 2.46. The highest BCUT2D eigenvalue weighted by Crippen LogP contribution is 2.35. The largest absolute Gasteiger partial charge is 0.370 e. The lowest BCUT2D eigenvalue weighted by Gasteiger charge is -2.26. The number of hydrogen-bond donors (Lipinski definition) is 2. The summed E-state index contributed by atoms with van der Waals surface area (Å²) < 4.78 is 1.81. The van der Waals surface area contributed by atoms with E-state index in [1.54, 1.807) is 4.68 Å². The minimum Gasteiger partial charge on any atom is -0.370 e. The zero-order chi connectivity index (χ0) is 15.8. The van der Waals surface area contributed by atoms with Crippen molar-refractivity contribution in [3.63, 3.8) is 0 Å². The van der Waals surface area contributed by atoms with Crippen LogP contribution in [-0.4, -0.2) is 47.1 Å². The number of fused-ring (bicyclic) bond motifs is 1. The first-order valence-electron chi connectivity index (χ1n) is 8.06. The summed E-state index contributed by atoms with van der Waals surface area (Å²) in [6, 6.07) is 0. The maximum atomic E-state index is 4.37. The maximum absolute atomic E-state index is 4.37. The molecule has 2 N–H and O–H groups in total. The number of nitrogens with one attached hydrogen (secondary N) is 2. The third kappa shape index (κ3) is 2.59. The van der Waals surface area contributed by atoms with Crippen LogP contribution in [0.15, 0.2) is 47.6 Å². The summed E-state index contributed by atoms with van der Waals surface area (Å²) in [7, 11) is 1.92. The van der Waals surface area contributed by atoms with Gasteiger partial charge in [0, 0.05) is 74.2 Å². The van der Waals surface area contributed by atoms with Gasteiger partial charge >= 0.3 is 0 Å². The average Bonchev–Trinajstić information content (AvgIpc) is 3.19. The molecule has 0 saturated carbocycles. The second-order valence-electron chi connectivity index (χ2n) is 6.48. The van der Waals surface area contributed by atoms with Crippen molar-refractivity contribution >= 4 is 11.8 Å². The van der Waals surface area contributed by atoms with Crippen LogP contribution in [0.2, 0.25) is 0 Å². The predicted octanol–water partition coefficient (Wildman–Crippen LogP) is 0.941. The lowest BCUT2D eigenvalue weighted by atomic mass is 9.99. The fourth-order valence-electron chi connectivity index (χ4n) is 3.74. The second-order valence-corrected chi connectivity index (χ2v) is 6.48. The Labute approximate surface area is 136 Å². The minimum absolute atomic E-state index is 0.745. The van der Waals surface area contributed by atoms with Crippen molar-refractivity contribution in [2.45, 2.75) is 0 Å². The molecule has 0 spiro atoms. The monoisotopic (exact) mass is 310 g/mol. The lowest BCUT2D eigenvalue weighted by Crippen LogP contribution is -2.27. The Bertz CT molecular complexity index is 698. The van der Waals surface area contributed by atoms with E-state index in [2.05, 4.69) is 38.5 Å². The Morgan fingerprint density at radius 2 is 2.04 bits per heavy atom. The second kappa shape index (κ2) is 5.70. The SMILES string of the molecule is C=C1C(N2CC3CNCC3C2)=C/C=N\N/C=C\1c1cnn(C)c1. The molecular formula is C17H22N6. The minimum atomic E-state index is 0.745. The van der Waals surface area contributed by atoms with Gasteiger partial charge in [0.15, 0.2) is 0 Å². The van der Waals surface area contributed by atoms with Gasteiger partial charge < -0.3 is 10.2 Å². The molecule has 6 heteroatoms. The van der Waals surface area contributed by atoms with Gasteiger partial charge in [-0.1, -0.05) is 6.58 Å². The highest BCUT2D eigenvalue weighted by molar-refractivity contribution is 5.86. The molecule has 2 atom stereocenters. The third-order valence-corrected chi connectivity index (χ3v) is 4.97. The van der Waals surface area contributed by atoms with E-state index >= 15 is 0 Å². The Hall–Kier alpha value is -2.34. The molecule has 2 fully saturated rings. The van der Waals surface area contributed by atoms with Gasteiger partial charge in [0.25, 0.3) is 0 Å².